The summed E-state index contributed by atoms with van der Waals surface area (Å²) in [6.45, 7) is 2.71. The van der Waals surface area contributed by atoms with Crippen molar-refractivity contribution in [2.75, 3.05) is 0 Å². The van der Waals surface area contributed by atoms with Crippen molar-refractivity contribution < 1.29 is 14.7 Å². The molecule has 4 heteroatoms. The summed E-state index contributed by atoms with van der Waals surface area (Å²) in [7, 11) is 0. The maximum Gasteiger partial charge on any atom is 0.328 e. The first-order valence-corrected chi connectivity index (χ1v) is 10.5. The van der Waals surface area contributed by atoms with E-state index >= 15 is 0 Å². The molecule has 0 aliphatic heterocycles. The normalized spacial score (nSPS) is 10.9. The van der Waals surface area contributed by atoms with Crippen molar-refractivity contribution in [2.45, 2.75) is 58.4 Å². The fraction of sp³-hybridized carbons (Fsp3) is 0.360. The fourth-order valence-electron chi connectivity index (χ4n) is 3.25. The number of amides is 1. The lowest BCUT2D eigenvalue weighted by molar-refractivity contribution is -0.131. The third kappa shape index (κ3) is 8.34. The summed E-state index contributed by atoms with van der Waals surface area (Å²) in [4.78, 5) is 22.8. The highest BCUT2D eigenvalue weighted by Crippen LogP contribution is 2.24. The molecule has 2 N–H and O–H groups in total. The van der Waals surface area contributed by atoms with Crippen LogP contribution in [0.3, 0.4) is 0 Å². The second-order valence-electron chi connectivity index (χ2n) is 7.25. The first-order chi connectivity index (χ1) is 14.1. The highest BCUT2D eigenvalue weighted by Gasteiger charge is 2.07. The van der Waals surface area contributed by atoms with Gasteiger partial charge in [-0.2, -0.15) is 0 Å². The minimum atomic E-state index is -0.962. The number of aliphatic carboxylic acids is 1. The van der Waals surface area contributed by atoms with Gasteiger partial charge in [0.2, 0.25) is 5.91 Å². The molecule has 0 aliphatic rings. The van der Waals surface area contributed by atoms with Gasteiger partial charge in [-0.15, -0.1) is 0 Å². The van der Waals surface area contributed by atoms with Crippen LogP contribution in [0.2, 0.25) is 0 Å². The highest BCUT2D eigenvalue weighted by atomic mass is 16.4. The predicted molar refractivity (Wildman–Crippen MR) is 118 cm³/mol. The molecule has 154 valence electrons. The molecule has 4 nitrogen and oxygen atoms in total. The summed E-state index contributed by atoms with van der Waals surface area (Å²) in [5.41, 5.74) is 4.01. The molecule has 2 aromatic rings. The van der Waals surface area contributed by atoms with Gasteiger partial charge in [-0.05, 0) is 34.8 Å². The van der Waals surface area contributed by atoms with Crippen molar-refractivity contribution in [3.63, 3.8) is 0 Å². The first-order valence-electron chi connectivity index (χ1n) is 10.5. The number of carboxylic acids is 1. The van der Waals surface area contributed by atoms with E-state index in [2.05, 4.69) is 12.2 Å². The molecule has 0 aromatic heterocycles. The second kappa shape index (κ2) is 12.6. The lowest BCUT2D eigenvalue weighted by Gasteiger charge is -2.11. The van der Waals surface area contributed by atoms with E-state index in [4.69, 9.17) is 5.11 Å². The molecule has 29 heavy (non-hydrogen) atoms. The minimum Gasteiger partial charge on any atom is -0.478 e. The molecule has 0 saturated carbocycles. The molecule has 2 aromatic carbocycles. The molecule has 0 fully saturated rings. The number of rotatable bonds is 12. The van der Waals surface area contributed by atoms with Gasteiger partial charge in [-0.3, -0.25) is 4.79 Å². The van der Waals surface area contributed by atoms with E-state index in [0.29, 0.717) is 13.0 Å². The summed E-state index contributed by atoms with van der Waals surface area (Å²) in [5, 5.41) is 11.8. The van der Waals surface area contributed by atoms with Crippen LogP contribution in [0.25, 0.3) is 17.2 Å². The van der Waals surface area contributed by atoms with Gasteiger partial charge < -0.3 is 10.4 Å². The zero-order valence-electron chi connectivity index (χ0n) is 17.2. The largest absolute Gasteiger partial charge is 0.478 e. The van der Waals surface area contributed by atoms with Gasteiger partial charge in [0, 0.05) is 19.0 Å². The molecular formula is C25H31NO3. The molecule has 0 aliphatic carbocycles. The average Bonchev–Trinajstić information content (AvgIpc) is 2.74. The quantitative estimate of drug-likeness (QED) is 0.353. The zero-order valence-corrected chi connectivity index (χ0v) is 17.2. The Morgan fingerprint density at radius 3 is 2.34 bits per heavy atom. The molecule has 0 atom stereocenters. The number of carboxylic acid groups (broad SMARTS) is 1. The van der Waals surface area contributed by atoms with E-state index < -0.39 is 5.97 Å². The lowest BCUT2D eigenvalue weighted by Crippen LogP contribution is -2.22. The number of unbranched alkanes of at least 4 members (excludes halogenated alkanes) is 5. The van der Waals surface area contributed by atoms with Crippen LogP contribution in [-0.4, -0.2) is 17.0 Å². The lowest BCUT2D eigenvalue weighted by atomic mass is 9.98. The van der Waals surface area contributed by atoms with E-state index in [0.717, 1.165) is 41.2 Å². The summed E-state index contributed by atoms with van der Waals surface area (Å²) in [6.07, 6.45) is 10.3. The first kappa shape index (κ1) is 22.4. The number of benzene rings is 2. The van der Waals surface area contributed by atoms with Gasteiger partial charge >= 0.3 is 5.97 Å². The molecule has 0 saturated heterocycles. The molecule has 0 radical (unpaired) electrons. The molecule has 2 rings (SSSR count). The standard InChI is InChI=1S/C25H31NO3/c1-2-3-4-5-6-7-12-24(27)26-19-22-10-8-9-11-23(22)21-16-13-20(14-17-21)15-18-25(28)29/h8-11,13-18H,2-7,12,19H2,1H3,(H,26,27)(H,28,29). The van der Waals surface area contributed by atoms with Crippen molar-refractivity contribution in [1.29, 1.82) is 0 Å². The predicted octanol–water partition coefficient (Wildman–Crippen LogP) is 5.82. The number of carbonyl (C=O) groups excluding carboxylic acids is 1. The van der Waals surface area contributed by atoms with Gasteiger partial charge in [0.25, 0.3) is 0 Å². The van der Waals surface area contributed by atoms with Crippen LogP contribution in [0, 0.1) is 0 Å². The Kier molecular flexibility index (Phi) is 9.70. The molecule has 0 unspecified atom stereocenters. The van der Waals surface area contributed by atoms with Crippen molar-refractivity contribution >= 4 is 18.0 Å². The second-order valence-corrected chi connectivity index (χ2v) is 7.25. The average molecular weight is 394 g/mol. The molecular weight excluding hydrogens is 362 g/mol. The smallest absolute Gasteiger partial charge is 0.328 e. The Bertz CT molecular complexity index is 809. The maximum absolute atomic E-state index is 12.2. The van der Waals surface area contributed by atoms with Crippen LogP contribution in [-0.2, 0) is 16.1 Å². The topological polar surface area (TPSA) is 66.4 Å². The summed E-state index contributed by atoms with van der Waals surface area (Å²) < 4.78 is 0. The van der Waals surface area contributed by atoms with Crippen LogP contribution < -0.4 is 5.32 Å². The fourth-order valence-corrected chi connectivity index (χ4v) is 3.25. The van der Waals surface area contributed by atoms with Gasteiger partial charge in [-0.1, -0.05) is 87.6 Å². The van der Waals surface area contributed by atoms with Crippen molar-refractivity contribution in [1.82, 2.24) is 5.32 Å². The number of hydrogen-bond donors (Lipinski definition) is 2. The van der Waals surface area contributed by atoms with Crippen LogP contribution in [0.1, 0.15) is 63.0 Å². The number of nitrogens with one attached hydrogen (secondary N) is 1. The number of carbonyl (C=O) groups is 2. The van der Waals surface area contributed by atoms with E-state index in [1.165, 1.54) is 25.7 Å². The van der Waals surface area contributed by atoms with Crippen LogP contribution in [0.5, 0.6) is 0 Å². The molecule has 0 bridgehead atoms. The van der Waals surface area contributed by atoms with Crippen LogP contribution >= 0.6 is 0 Å². The SMILES string of the molecule is CCCCCCCCC(=O)NCc1ccccc1-c1ccc(C=CC(=O)O)cc1. The maximum atomic E-state index is 12.2. The molecule has 0 spiro atoms. The Labute approximate surface area is 173 Å². The van der Waals surface area contributed by atoms with Crippen molar-refractivity contribution in [3.8, 4) is 11.1 Å². The minimum absolute atomic E-state index is 0.101. The Morgan fingerprint density at radius 1 is 0.931 bits per heavy atom. The van der Waals surface area contributed by atoms with E-state index in [1.54, 1.807) is 6.08 Å². The van der Waals surface area contributed by atoms with E-state index in [1.807, 2.05) is 48.5 Å². The molecule has 1 amide bonds. The van der Waals surface area contributed by atoms with Gasteiger partial charge in [0.05, 0.1) is 0 Å². The Morgan fingerprint density at radius 2 is 1.62 bits per heavy atom. The van der Waals surface area contributed by atoms with Crippen molar-refractivity contribution in [3.05, 3.63) is 65.7 Å². The summed E-state index contributed by atoms with van der Waals surface area (Å²) in [5.74, 6) is -0.861. The van der Waals surface area contributed by atoms with Crippen molar-refractivity contribution in [2.24, 2.45) is 0 Å². The van der Waals surface area contributed by atoms with E-state index in [9.17, 15) is 9.59 Å². The zero-order chi connectivity index (χ0) is 20.9. The van der Waals surface area contributed by atoms with Gasteiger partial charge in [0.15, 0.2) is 0 Å². The van der Waals surface area contributed by atoms with Gasteiger partial charge in [-0.25, -0.2) is 4.79 Å². The van der Waals surface area contributed by atoms with Crippen LogP contribution in [0.4, 0.5) is 0 Å². The summed E-state index contributed by atoms with van der Waals surface area (Å²) >= 11 is 0. The Hall–Kier alpha value is -2.88. The Balaban J connectivity index is 1.90. The third-order valence-electron chi connectivity index (χ3n) is 4.89. The summed E-state index contributed by atoms with van der Waals surface area (Å²) in [6, 6.07) is 15.7. The number of hydrogen-bond acceptors (Lipinski definition) is 2. The van der Waals surface area contributed by atoms with E-state index in [-0.39, 0.29) is 5.91 Å². The monoisotopic (exact) mass is 393 g/mol. The third-order valence-corrected chi connectivity index (χ3v) is 4.89. The van der Waals surface area contributed by atoms with Gasteiger partial charge in [0.1, 0.15) is 0 Å². The molecule has 0 heterocycles. The van der Waals surface area contributed by atoms with Crippen LogP contribution in [0.15, 0.2) is 54.6 Å². The highest BCUT2D eigenvalue weighted by molar-refractivity contribution is 5.85.